The van der Waals surface area contributed by atoms with Gasteiger partial charge in [0.2, 0.25) is 5.91 Å². The van der Waals surface area contributed by atoms with Crippen LogP contribution in [0.25, 0.3) is 0 Å². The number of carbonyl (C=O) groups excluding carboxylic acids is 1. The average molecular weight is 389 g/mol. The first kappa shape index (κ1) is 19.8. The maximum atomic E-state index is 12.6. The molecule has 0 radical (unpaired) electrons. The molecule has 0 spiro atoms. The highest BCUT2D eigenvalue weighted by molar-refractivity contribution is 7.09. The van der Waals surface area contributed by atoms with Crippen LogP contribution in [-0.2, 0) is 11.3 Å². The molecule has 6 nitrogen and oxygen atoms in total. The molecule has 0 unspecified atom stereocenters. The van der Waals surface area contributed by atoms with Crippen LogP contribution in [0.1, 0.15) is 24.5 Å². The highest BCUT2D eigenvalue weighted by Crippen LogP contribution is 2.17. The molecule has 3 rings (SSSR count). The Morgan fingerprint density at radius 1 is 1.26 bits per heavy atom. The third kappa shape index (κ3) is 5.51. The van der Waals surface area contributed by atoms with Crippen LogP contribution < -0.4 is 10.1 Å². The summed E-state index contributed by atoms with van der Waals surface area (Å²) in [7, 11) is 0. The summed E-state index contributed by atoms with van der Waals surface area (Å²) in [6.07, 6.45) is 0. The summed E-state index contributed by atoms with van der Waals surface area (Å²) in [4.78, 5) is 21.8. The number of anilines is 1. The van der Waals surface area contributed by atoms with E-state index >= 15 is 0 Å². The molecule has 1 aromatic carbocycles. The van der Waals surface area contributed by atoms with Crippen LogP contribution in [-0.4, -0.2) is 59.5 Å². The van der Waals surface area contributed by atoms with Crippen molar-refractivity contribution >= 4 is 22.9 Å². The number of carbonyl (C=O) groups is 1. The summed E-state index contributed by atoms with van der Waals surface area (Å²) in [6.45, 7) is 11.2. The molecule has 1 aliphatic rings. The third-order valence-corrected chi connectivity index (χ3v) is 5.64. The Balaban J connectivity index is 1.46. The number of rotatable bonds is 7. The standard InChI is InChI=1S/C20H28N4O2S/c1-4-26-19-7-5-17(6-8-19)22-20(25)15(2)24-11-9-23(10-12-24)13-18-14-27-16(3)21-18/h5-8,14-15H,4,9-13H2,1-3H3,(H,22,25)/t15-/m1/s1. The lowest BCUT2D eigenvalue weighted by atomic mass is 10.2. The first-order valence-corrected chi connectivity index (χ1v) is 10.3. The van der Waals surface area contributed by atoms with Crippen molar-refractivity contribution in [1.29, 1.82) is 0 Å². The van der Waals surface area contributed by atoms with Gasteiger partial charge in [-0.2, -0.15) is 0 Å². The summed E-state index contributed by atoms with van der Waals surface area (Å²) in [6, 6.07) is 7.36. The SMILES string of the molecule is CCOc1ccc(NC(=O)[C@@H](C)N2CCN(Cc3csc(C)n3)CC2)cc1. The molecule has 1 aliphatic heterocycles. The Kier molecular flexibility index (Phi) is 6.82. The maximum absolute atomic E-state index is 12.6. The fraction of sp³-hybridized carbons (Fsp3) is 0.500. The molecular formula is C20H28N4O2S. The summed E-state index contributed by atoms with van der Waals surface area (Å²) >= 11 is 1.70. The van der Waals surface area contributed by atoms with Crippen molar-refractivity contribution < 1.29 is 9.53 Å². The molecule has 0 aliphatic carbocycles. The van der Waals surface area contributed by atoms with E-state index in [4.69, 9.17) is 4.74 Å². The first-order chi connectivity index (χ1) is 13.0. The van der Waals surface area contributed by atoms with Gasteiger partial charge in [-0.05, 0) is 45.0 Å². The van der Waals surface area contributed by atoms with Gasteiger partial charge in [0.25, 0.3) is 0 Å². The van der Waals surface area contributed by atoms with Crippen LogP contribution in [0.4, 0.5) is 5.69 Å². The van der Waals surface area contributed by atoms with Gasteiger partial charge in [-0.1, -0.05) is 0 Å². The highest BCUT2D eigenvalue weighted by Gasteiger charge is 2.25. The number of nitrogens with one attached hydrogen (secondary N) is 1. The first-order valence-electron chi connectivity index (χ1n) is 9.46. The monoisotopic (exact) mass is 388 g/mol. The van der Waals surface area contributed by atoms with Crippen molar-refractivity contribution in [3.63, 3.8) is 0 Å². The number of aryl methyl sites for hydroxylation is 1. The van der Waals surface area contributed by atoms with Crippen LogP contribution in [0.2, 0.25) is 0 Å². The fourth-order valence-corrected chi connectivity index (χ4v) is 3.84. The van der Waals surface area contributed by atoms with E-state index in [1.54, 1.807) is 11.3 Å². The third-order valence-electron chi connectivity index (χ3n) is 4.82. The molecule has 2 heterocycles. The Morgan fingerprint density at radius 3 is 2.56 bits per heavy atom. The van der Waals surface area contributed by atoms with Crippen molar-refractivity contribution in [2.24, 2.45) is 0 Å². The van der Waals surface area contributed by atoms with Crippen molar-refractivity contribution in [2.75, 3.05) is 38.1 Å². The zero-order valence-corrected chi connectivity index (χ0v) is 17.1. The number of hydrogen-bond acceptors (Lipinski definition) is 6. The topological polar surface area (TPSA) is 57.7 Å². The molecule has 27 heavy (non-hydrogen) atoms. The molecule has 1 fully saturated rings. The minimum atomic E-state index is -0.153. The summed E-state index contributed by atoms with van der Waals surface area (Å²) in [5, 5.41) is 6.25. The number of benzene rings is 1. The van der Waals surface area contributed by atoms with Crippen LogP contribution in [0.5, 0.6) is 5.75 Å². The molecule has 1 atom stereocenters. The van der Waals surface area contributed by atoms with Crippen LogP contribution in [0, 0.1) is 6.92 Å². The molecule has 7 heteroatoms. The minimum Gasteiger partial charge on any atom is -0.494 e. The molecule has 0 bridgehead atoms. The number of thiazole rings is 1. The Labute approximate surface area is 165 Å². The van der Waals surface area contributed by atoms with E-state index in [0.29, 0.717) is 6.61 Å². The van der Waals surface area contributed by atoms with E-state index in [2.05, 4.69) is 25.5 Å². The van der Waals surface area contributed by atoms with Gasteiger partial charge in [-0.25, -0.2) is 4.98 Å². The molecule has 0 saturated carbocycles. The second kappa shape index (κ2) is 9.30. The van der Waals surface area contributed by atoms with E-state index in [1.807, 2.05) is 45.0 Å². The number of nitrogens with zero attached hydrogens (tertiary/aromatic N) is 3. The lowest BCUT2D eigenvalue weighted by Gasteiger charge is -2.37. The van der Waals surface area contributed by atoms with E-state index in [0.717, 1.165) is 54.9 Å². The van der Waals surface area contributed by atoms with Crippen LogP contribution >= 0.6 is 11.3 Å². The molecule has 2 aromatic rings. The van der Waals surface area contributed by atoms with Gasteiger partial charge >= 0.3 is 0 Å². The summed E-state index contributed by atoms with van der Waals surface area (Å²) < 4.78 is 5.43. The molecular weight excluding hydrogens is 360 g/mol. The zero-order chi connectivity index (χ0) is 19.2. The van der Waals surface area contributed by atoms with E-state index in [-0.39, 0.29) is 11.9 Å². The second-order valence-corrected chi connectivity index (χ2v) is 7.85. The van der Waals surface area contributed by atoms with E-state index < -0.39 is 0 Å². The van der Waals surface area contributed by atoms with E-state index in [9.17, 15) is 4.79 Å². The Bertz CT molecular complexity index is 739. The van der Waals surface area contributed by atoms with Crippen molar-refractivity contribution in [3.8, 4) is 5.75 Å². The van der Waals surface area contributed by atoms with Gasteiger partial charge in [-0.15, -0.1) is 11.3 Å². The van der Waals surface area contributed by atoms with Crippen molar-refractivity contribution in [3.05, 3.63) is 40.3 Å². The van der Waals surface area contributed by atoms with Gasteiger partial charge in [0, 0.05) is 43.8 Å². The minimum absolute atomic E-state index is 0.0303. The normalized spacial score (nSPS) is 16.9. The number of piperazine rings is 1. The number of hydrogen-bond donors (Lipinski definition) is 1. The molecule has 1 N–H and O–H groups in total. The quantitative estimate of drug-likeness (QED) is 0.790. The Hall–Kier alpha value is -1.96. The predicted molar refractivity (Wildman–Crippen MR) is 109 cm³/mol. The largest absolute Gasteiger partial charge is 0.494 e. The summed E-state index contributed by atoms with van der Waals surface area (Å²) in [5.74, 6) is 0.845. The van der Waals surface area contributed by atoms with Crippen LogP contribution in [0.15, 0.2) is 29.6 Å². The molecule has 1 amide bonds. The smallest absolute Gasteiger partial charge is 0.241 e. The van der Waals surface area contributed by atoms with Crippen molar-refractivity contribution in [1.82, 2.24) is 14.8 Å². The van der Waals surface area contributed by atoms with Gasteiger partial charge in [-0.3, -0.25) is 14.6 Å². The zero-order valence-electron chi connectivity index (χ0n) is 16.3. The summed E-state index contributed by atoms with van der Waals surface area (Å²) in [5.41, 5.74) is 1.94. The molecule has 146 valence electrons. The lowest BCUT2D eigenvalue weighted by molar-refractivity contribution is -0.121. The van der Waals surface area contributed by atoms with Gasteiger partial charge in [0.05, 0.1) is 23.4 Å². The molecule has 1 saturated heterocycles. The lowest BCUT2D eigenvalue weighted by Crippen LogP contribution is -2.52. The number of ether oxygens (including phenoxy) is 1. The van der Waals surface area contributed by atoms with Gasteiger partial charge in [0.15, 0.2) is 0 Å². The van der Waals surface area contributed by atoms with Crippen LogP contribution in [0.3, 0.4) is 0 Å². The maximum Gasteiger partial charge on any atom is 0.241 e. The van der Waals surface area contributed by atoms with E-state index in [1.165, 1.54) is 0 Å². The number of amides is 1. The number of aromatic nitrogens is 1. The second-order valence-electron chi connectivity index (χ2n) is 6.79. The van der Waals surface area contributed by atoms with Crippen molar-refractivity contribution in [2.45, 2.75) is 33.4 Å². The highest BCUT2D eigenvalue weighted by atomic mass is 32.1. The Morgan fingerprint density at radius 2 is 1.96 bits per heavy atom. The fourth-order valence-electron chi connectivity index (χ4n) is 3.23. The van der Waals surface area contributed by atoms with Gasteiger partial charge in [0.1, 0.15) is 5.75 Å². The average Bonchev–Trinajstić information content (AvgIpc) is 3.08. The van der Waals surface area contributed by atoms with Gasteiger partial charge < -0.3 is 10.1 Å². The predicted octanol–water partition coefficient (Wildman–Crippen LogP) is 3.00. The molecule has 1 aromatic heterocycles.